The Morgan fingerprint density at radius 3 is 2.50 bits per heavy atom. The maximum atomic E-state index is 12.8. The van der Waals surface area contributed by atoms with Crippen molar-refractivity contribution in [2.45, 2.75) is 19.9 Å². The molecule has 1 atom stereocenters. The first-order chi connectivity index (χ1) is 10.5. The molecule has 0 spiro atoms. The number of carbonyl (C=O) groups excluding carboxylic acids is 1. The van der Waals surface area contributed by atoms with E-state index >= 15 is 0 Å². The number of rotatable bonds is 5. The molecule has 2 rings (SSSR count). The van der Waals surface area contributed by atoms with Crippen molar-refractivity contribution in [1.82, 2.24) is 14.9 Å². The highest BCUT2D eigenvalue weighted by atomic mass is 16.5. The molecule has 0 radical (unpaired) electrons. The predicted octanol–water partition coefficient (Wildman–Crippen LogP) is 2.55. The molecule has 5 nitrogen and oxygen atoms in total. The van der Waals surface area contributed by atoms with Gasteiger partial charge in [-0.2, -0.15) is 0 Å². The molecule has 0 bridgehead atoms. The zero-order valence-electron chi connectivity index (χ0n) is 13.4. The SMILES string of the molecule is COC[C@H](c1ccccn1)N(C)C(=O)c1cc(C)nc(C)c1. The molecule has 2 aromatic heterocycles. The van der Waals surface area contributed by atoms with Gasteiger partial charge < -0.3 is 9.64 Å². The molecule has 0 aliphatic rings. The lowest BCUT2D eigenvalue weighted by Gasteiger charge is -2.27. The highest BCUT2D eigenvalue weighted by molar-refractivity contribution is 5.94. The lowest BCUT2D eigenvalue weighted by Crippen LogP contribution is -2.34. The van der Waals surface area contributed by atoms with Crippen molar-refractivity contribution in [2.75, 3.05) is 20.8 Å². The molecule has 2 heterocycles. The average Bonchev–Trinajstić information content (AvgIpc) is 2.51. The van der Waals surface area contributed by atoms with Gasteiger partial charge in [-0.3, -0.25) is 14.8 Å². The zero-order valence-corrected chi connectivity index (χ0v) is 13.4. The minimum atomic E-state index is -0.229. The Hall–Kier alpha value is -2.27. The highest BCUT2D eigenvalue weighted by Gasteiger charge is 2.24. The molecule has 0 N–H and O–H groups in total. The fourth-order valence-corrected chi connectivity index (χ4v) is 2.43. The van der Waals surface area contributed by atoms with Crippen LogP contribution in [0.1, 0.15) is 33.5 Å². The second-order valence-corrected chi connectivity index (χ2v) is 5.28. The Bertz CT molecular complexity index is 623. The van der Waals surface area contributed by atoms with E-state index < -0.39 is 0 Å². The van der Waals surface area contributed by atoms with Crippen molar-refractivity contribution in [3.63, 3.8) is 0 Å². The van der Waals surface area contributed by atoms with Gasteiger partial charge in [0.05, 0.1) is 18.3 Å². The van der Waals surface area contributed by atoms with Gasteiger partial charge in [-0.05, 0) is 38.1 Å². The molecule has 0 unspecified atom stereocenters. The van der Waals surface area contributed by atoms with Crippen LogP contribution in [0.4, 0.5) is 0 Å². The number of hydrogen-bond acceptors (Lipinski definition) is 4. The number of likely N-dealkylation sites (N-methyl/N-ethyl adjacent to an activating group) is 1. The average molecular weight is 299 g/mol. The molecular weight excluding hydrogens is 278 g/mol. The number of aryl methyl sites for hydroxylation is 2. The number of methoxy groups -OCH3 is 1. The minimum absolute atomic E-state index is 0.0682. The van der Waals surface area contributed by atoms with Crippen LogP contribution >= 0.6 is 0 Å². The summed E-state index contributed by atoms with van der Waals surface area (Å²) in [6.45, 7) is 4.16. The van der Waals surface area contributed by atoms with Crippen LogP contribution in [-0.2, 0) is 4.74 Å². The summed E-state index contributed by atoms with van der Waals surface area (Å²) in [6, 6.07) is 9.03. The summed E-state index contributed by atoms with van der Waals surface area (Å²) in [5.74, 6) is -0.0682. The lowest BCUT2D eigenvalue weighted by atomic mass is 10.1. The normalized spacial score (nSPS) is 12.0. The highest BCUT2D eigenvalue weighted by Crippen LogP contribution is 2.20. The molecule has 0 saturated heterocycles. The van der Waals surface area contributed by atoms with Crippen LogP contribution in [0.5, 0.6) is 0 Å². The van der Waals surface area contributed by atoms with Gasteiger partial charge in [0, 0.05) is 37.3 Å². The van der Waals surface area contributed by atoms with Crippen LogP contribution in [0.15, 0.2) is 36.5 Å². The molecule has 0 aliphatic carbocycles. The molecular formula is C17H21N3O2. The first-order valence-electron chi connectivity index (χ1n) is 7.15. The Balaban J connectivity index is 2.30. The number of nitrogens with zero attached hydrogens (tertiary/aromatic N) is 3. The molecule has 5 heteroatoms. The fourth-order valence-electron chi connectivity index (χ4n) is 2.43. The minimum Gasteiger partial charge on any atom is -0.382 e. The third-order valence-electron chi connectivity index (χ3n) is 3.47. The fraction of sp³-hybridized carbons (Fsp3) is 0.353. The van der Waals surface area contributed by atoms with Gasteiger partial charge in [0.25, 0.3) is 5.91 Å². The number of carbonyl (C=O) groups is 1. The molecule has 0 aliphatic heterocycles. The van der Waals surface area contributed by atoms with Crippen LogP contribution in [0.3, 0.4) is 0 Å². The summed E-state index contributed by atoms with van der Waals surface area (Å²) in [5, 5.41) is 0. The van der Waals surface area contributed by atoms with E-state index in [1.54, 1.807) is 37.4 Å². The maximum Gasteiger partial charge on any atom is 0.254 e. The summed E-state index contributed by atoms with van der Waals surface area (Å²) in [5.41, 5.74) is 3.10. The maximum absolute atomic E-state index is 12.8. The molecule has 0 aromatic carbocycles. The second-order valence-electron chi connectivity index (χ2n) is 5.28. The van der Waals surface area contributed by atoms with Crippen LogP contribution in [0.2, 0.25) is 0 Å². The molecule has 0 saturated carbocycles. The lowest BCUT2D eigenvalue weighted by molar-refractivity contribution is 0.0595. The Kier molecular flexibility index (Phi) is 5.22. The standard InChI is InChI=1S/C17H21N3O2/c1-12-9-14(10-13(2)19-12)17(21)20(3)16(11-22-4)15-7-5-6-8-18-15/h5-10,16H,11H2,1-4H3/t16-/m1/s1. The van der Waals surface area contributed by atoms with E-state index in [0.717, 1.165) is 17.1 Å². The zero-order chi connectivity index (χ0) is 16.1. The van der Waals surface area contributed by atoms with E-state index in [1.807, 2.05) is 32.0 Å². The third kappa shape index (κ3) is 3.68. The van der Waals surface area contributed by atoms with E-state index in [0.29, 0.717) is 12.2 Å². The third-order valence-corrected chi connectivity index (χ3v) is 3.47. The van der Waals surface area contributed by atoms with Gasteiger partial charge in [-0.15, -0.1) is 0 Å². The van der Waals surface area contributed by atoms with Gasteiger partial charge in [0.15, 0.2) is 0 Å². The summed E-state index contributed by atoms with van der Waals surface area (Å²) in [7, 11) is 3.39. The van der Waals surface area contributed by atoms with E-state index in [2.05, 4.69) is 9.97 Å². The van der Waals surface area contributed by atoms with Crippen LogP contribution < -0.4 is 0 Å². The van der Waals surface area contributed by atoms with Crippen molar-refractivity contribution in [1.29, 1.82) is 0 Å². The number of hydrogen-bond donors (Lipinski definition) is 0. The van der Waals surface area contributed by atoms with Gasteiger partial charge in [-0.1, -0.05) is 6.07 Å². The molecule has 0 fully saturated rings. The van der Waals surface area contributed by atoms with E-state index in [-0.39, 0.29) is 11.9 Å². The summed E-state index contributed by atoms with van der Waals surface area (Å²) in [4.78, 5) is 23.1. The van der Waals surface area contributed by atoms with E-state index in [4.69, 9.17) is 4.74 Å². The smallest absolute Gasteiger partial charge is 0.254 e. The largest absolute Gasteiger partial charge is 0.382 e. The van der Waals surface area contributed by atoms with Crippen molar-refractivity contribution >= 4 is 5.91 Å². The van der Waals surface area contributed by atoms with Crippen molar-refractivity contribution < 1.29 is 9.53 Å². The molecule has 1 amide bonds. The Labute approximate surface area is 131 Å². The van der Waals surface area contributed by atoms with Crippen molar-refractivity contribution in [3.8, 4) is 0 Å². The van der Waals surface area contributed by atoms with Gasteiger partial charge in [-0.25, -0.2) is 0 Å². The first-order valence-corrected chi connectivity index (χ1v) is 7.15. The number of ether oxygens (including phenoxy) is 1. The molecule has 22 heavy (non-hydrogen) atoms. The van der Waals surface area contributed by atoms with Crippen LogP contribution in [0, 0.1) is 13.8 Å². The number of amides is 1. The summed E-state index contributed by atoms with van der Waals surface area (Å²) >= 11 is 0. The number of aromatic nitrogens is 2. The van der Waals surface area contributed by atoms with Crippen LogP contribution in [-0.4, -0.2) is 41.5 Å². The molecule has 116 valence electrons. The van der Waals surface area contributed by atoms with Gasteiger partial charge in [0.1, 0.15) is 0 Å². The molecule has 2 aromatic rings. The summed E-state index contributed by atoms with van der Waals surface area (Å²) < 4.78 is 5.27. The van der Waals surface area contributed by atoms with Gasteiger partial charge in [0.2, 0.25) is 0 Å². The topological polar surface area (TPSA) is 55.3 Å². The Morgan fingerprint density at radius 1 is 1.27 bits per heavy atom. The van der Waals surface area contributed by atoms with E-state index in [1.165, 1.54) is 0 Å². The summed E-state index contributed by atoms with van der Waals surface area (Å²) in [6.07, 6.45) is 1.72. The van der Waals surface area contributed by atoms with Crippen molar-refractivity contribution in [3.05, 3.63) is 59.2 Å². The van der Waals surface area contributed by atoms with Gasteiger partial charge >= 0.3 is 0 Å². The Morgan fingerprint density at radius 2 is 1.95 bits per heavy atom. The first kappa shape index (κ1) is 16.1. The second kappa shape index (κ2) is 7.13. The van der Waals surface area contributed by atoms with E-state index in [9.17, 15) is 4.79 Å². The van der Waals surface area contributed by atoms with Crippen LogP contribution in [0.25, 0.3) is 0 Å². The number of pyridine rings is 2. The van der Waals surface area contributed by atoms with Crippen molar-refractivity contribution in [2.24, 2.45) is 0 Å². The monoisotopic (exact) mass is 299 g/mol. The predicted molar refractivity (Wildman–Crippen MR) is 84.7 cm³/mol. The quantitative estimate of drug-likeness (QED) is 0.851.